The number of aromatic nitrogens is 3. The molecule has 1 saturated heterocycles. The third kappa shape index (κ3) is 2.83. The number of hydrogen-bond acceptors (Lipinski definition) is 4. The Hall–Kier alpha value is -2.70. The largest absolute Gasteiger partial charge is 0.335 e. The van der Waals surface area contributed by atoms with Crippen molar-refractivity contribution in [3.8, 4) is 0 Å². The number of H-pyrrole nitrogens is 1. The van der Waals surface area contributed by atoms with E-state index >= 15 is 0 Å². The monoisotopic (exact) mass is 299 g/mol. The summed E-state index contributed by atoms with van der Waals surface area (Å²) in [7, 11) is 0. The average Bonchev–Trinajstić information content (AvgIpc) is 3.17. The normalized spacial score (nSPS) is 19.2. The van der Waals surface area contributed by atoms with E-state index in [1.807, 2.05) is 37.3 Å². The van der Waals surface area contributed by atoms with Gasteiger partial charge in [-0.05, 0) is 12.5 Å². The molecular formula is C15H17N5O2. The number of nitrogens with one attached hydrogen (secondary N) is 2. The predicted octanol–water partition coefficient (Wildman–Crippen LogP) is 1.35. The van der Waals surface area contributed by atoms with Crippen molar-refractivity contribution < 1.29 is 9.59 Å². The van der Waals surface area contributed by atoms with Gasteiger partial charge in [-0.25, -0.2) is 0 Å². The lowest BCUT2D eigenvalue weighted by Gasteiger charge is -2.25. The molecule has 1 aromatic carbocycles. The summed E-state index contributed by atoms with van der Waals surface area (Å²) in [5, 5.41) is 12.5. The molecule has 2 N–H and O–H groups in total. The molecule has 2 atom stereocenters. The van der Waals surface area contributed by atoms with E-state index in [9.17, 15) is 9.59 Å². The van der Waals surface area contributed by atoms with Crippen LogP contribution < -0.4 is 5.32 Å². The van der Waals surface area contributed by atoms with Gasteiger partial charge in [-0.15, -0.1) is 5.10 Å². The number of rotatable bonds is 4. The zero-order valence-electron chi connectivity index (χ0n) is 12.2. The van der Waals surface area contributed by atoms with Gasteiger partial charge in [0.05, 0.1) is 18.2 Å². The van der Waals surface area contributed by atoms with Crippen molar-refractivity contribution in [3.63, 3.8) is 0 Å². The lowest BCUT2D eigenvalue weighted by Crippen LogP contribution is -2.30. The van der Waals surface area contributed by atoms with Crippen LogP contribution in [0.15, 0.2) is 36.5 Å². The Kier molecular flexibility index (Phi) is 3.86. The van der Waals surface area contributed by atoms with E-state index in [-0.39, 0.29) is 30.2 Å². The first-order valence-corrected chi connectivity index (χ1v) is 7.16. The average molecular weight is 299 g/mol. The number of carbonyl (C=O) groups excluding carboxylic acids is 2. The van der Waals surface area contributed by atoms with Crippen LogP contribution >= 0.6 is 0 Å². The molecule has 0 spiro atoms. The van der Waals surface area contributed by atoms with Gasteiger partial charge in [-0.2, -0.15) is 10.3 Å². The smallest absolute Gasteiger partial charge is 0.231 e. The number of carbonyl (C=O) groups is 2. The number of nitrogens with zero attached hydrogens (tertiary/aromatic N) is 3. The van der Waals surface area contributed by atoms with Gasteiger partial charge < -0.3 is 10.2 Å². The molecule has 22 heavy (non-hydrogen) atoms. The van der Waals surface area contributed by atoms with E-state index in [0.29, 0.717) is 12.4 Å². The molecule has 2 aromatic rings. The zero-order chi connectivity index (χ0) is 15.5. The fourth-order valence-electron chi connectivity index (χ4n) is 2.68. The van der Waals surface area contributed by atoms with Crippen molar-refractivity contribution in [3.05, 3.63) is 42.1 Å². The number of amides is 2. The molecule has 1 aliphatic rings. The minimum absolute atomic E-state index is 0.00310. The highest BCUT2D eigenvalue weighted by Gasteiger charge is 2.37. The van der Waals surface area contributed by atoms with Crippen LogP contribution in [0.3, 0.4) is 0 Å². The number of hydrogen-bond donors (Lipinski definition) is 2. The lowest BCUT2D eigenvalue weighted by molar-refractivity contribution is -0.129. The molecule has 3 rings (SSSR count). The number of likely N-dealkylation sites (tertiary alicyclic amines) is 1. The fourth-order valence-corrected chi connectivity index (χ4v) is 2.68. The first kappa shape index (κ1) is 14.2. The van der Waals surface area contributed by atoms with Crippen LogP contribution in [-0.2, 0) is 9.59 Å². The van der Waals surface area contributed by atoms with Gasteiger partial charge >= 0.3 is 0 Å². The summed E-state index contributed by atoms with van der Waals surface area (Å²) >= 11 is 0. The molecule has 1 aromatic heterocycles. The number of anilines is 1. The minimum atomic E-state index is -0.365. The summed E-state index contributed by atoms with van der Waals surface area (Å²) in [5.41, 5.74) is 1.06. The lowest BCUT2D eigenvalue weighted by atomic mass is 10.1. The van der Waals surface area contributed by atoms with Crippen molar-refractivity contribution in [2.24, 2.45) is 5.92 Å². The summed E-state index contributed by atoms with van der Waals surface area (Å²) in [6, 6.07) is 9.76. The van der Waals surface area contributed by atoms with E-state index < -0.39 is 0 Å². The van der Waals surface area contributed by atoms with Crippen LogP contribution in [-0.4, -0.2) is 38.7 Å². The van der Waals surface area contributed by atoms with Crippen molar-refractivity contribution in [1.29, 1.82) is 0 Å². The van der Waals surface area contributed by atoms with Gasteiger partial charge in [0.15, 0.2) is 5.82 Å². The van der Waals surface area contributed by atoms with Gasteiger partial charge in [0.25, 0.3) is 0 Å². The van der Waals surface area contributed by atoms with Gasteiger partial charge in [0.1, 0.15) is 0 Å². The summed E-state index contributed by atoms with van der Waals surface area (Å²) in [5.74, 6) is -0.205. The Bertz CT molecular complexity index is 656. The third-order valence-corrected chi connectivity index (χ3v) is 3.95. The first-order valence-electron chi connectivity index (χ1n) is 7.16. The summed E-state index contributed by atoms with van der Waals surface area (Å²) in [6.45, 7) is 2.39. The minimum Gasteiger partial charge on any atom is -0.335 e. The fraction of sp³-hybridized carbons (Fsp3) is 0.333. The first-order chi connectivity index (χ1) is 10.6. The van der Waals surface area contributed by atoms with Crippen molar-refractivity contribution >= 4 is 17.6 Å². The number of aromatic amines is 1. The van der Waals surface area contributed by atoms with Crippen LogP contribution in [0.2, 0.25) is 0 Å². The second kappa shape index (κ2) is 5.97. The Morgan fingerprint density at radius 2 is 2.18 bits per heavy atom. The Labute approximate surface area is 127 Å². The quantitative estimate of drug-likeness (QED) is 0.891. The molecule has 2 heterocycles. The highest BCUT2D eigenvalue weighted by molar-refractivity contribution is 5.96. The van der Waals surface area contributed by atoms with E-state index in [4.69, 9.17) is 0 Å². The van der Waals surface area contributed by atoms with Gasteiger partial charge in [-0.1, -0.05) is 30.3 Å². The molecule has 0 saturated carbocycles. The maximum atomic E-state index is 12.2. The zero-order valence-corrected chi connectivity index (χ0v) is 12.2. The van der Waals surface area contributed by atoms with E-state index in [0.717, 1.165) is 5.56 Å². The maximum Gasteiger partial charge on any atom is 0.231 e. The van der Waals surface area contributed by atoms with Crippen LogP contribution in [0.25, 0.3) is 0 Å². The van der Waals surface area contributed by atoms with Gasteiger partial charge in [0.2, 0.25) is 11.8 Å². The maximum absolute atomic E-state index is 12.2. The van der Waals surface area contributed by atoms with Gasteiger partial charge in [0, 0.05) is 13.0 Å². The molecule has 0 radical (unpaired) electrons. The molecule has 1 aliphatic heterocycles. The molecule has 7 nitrogen and oxygen atoms in total. The van der Waals surface area contributed by atoms with Crippen LogP contribution in [0.4, 0.5) is 5.82 Å². The molecule has 114 valence electrons. The van der Waals surface area contributed by atoms with E-state index in [1.165, 1.54) is 6.20 Å². The second-order valence-electron chi connectivity index (χ2n) is 5.38. The van der Waals surface area contributed by atoms with Crippen LogP contribution in [0.1, 0.15) is 24.9 Å². The van der Waals surface area contributed by atoms with Gasteiger partial charge in [-0.3, -0.25) is 9.59 Å². The van der Waals surface area contributed by atoms with E-state index in [2.05, 4.69) is 20.7 Å². The molecule has 7 heteroatoms. The predicted molar refractivity (Wildman–Crippen MR) is 79.7 cm³/mol. The van der Waals surface area contributed by atoms with Crippen molar-refractivity contribution in [2.75, 3.05) is 11.9 Å². The third-order valence-electron chi connectivity index (χ3n) is 3.95. The molecule has 1 fully saturated rings. The second-order valence-corrected chi connectivity index (χ2v) is 5.38. The van der Waals surface area contributed by atoms with E-state index in [1.54, 1.807) is 4.90 Å². The Morgan fingerprint density at radius 3 is 2.86 bits per heavy atom. The number of benzene rings is 1. The van der Waals surface area contributed by atoms with Crippen LogP contribution in [0.5, 0.6) is 0 Å². The van der Waals surface area contributed by atoms with Crippen molar-refractivity contribution in [2.45, 2.75) is 19.4 Å². The Balaban J connectivity index is 1.66. The molecule has 0 bridgehead atoms. The van der Waals surface area contributed by atoms with Crippen molar-refractivity contribution in [1.82, 2.24) is 20.3 Å². The molecule has 0 aliphatic carbocycles. The summed E-state index contributed by atoms with van der Waals surface area (Å²) in [6.07, 6.45) is 1.65. The highest BCUT2D eigenvalue weighted by Crippen LogP contribution is 2.28. The van der Waals surface area contributed by atoms with Crippen LogP contribution in [0, 0.1) is 5.92 Å². The summed E-state index contributed by atoms with van der Waals surface area (Å²) < 4.78 is 0. The standard InChI is InChI=1S/C15H17N5O2/c1-10(11-5-3-2-4-6-11)20-9-12(7-14(20)21)15(22)17-13-8-16-19-18-13/h2-6,8,10,12H,7,9H2,1H3,(H2,16,17,18,19,22). The molecular weight excluding hydrogens is 282 g/mol. The SMILES string of the molecule is CC(c1ccccc1)N1CC(C(=O)Nc2cn[nH]n2)CC1=O. The summed E-state index contributed by atoms with van der Waals surface area (Å²) in [4.78, 5) is 26.2. The highest BCUT2D eigenvalue weighted by atomic mass is 16.2. The molecule has 2 unspecified atom stereocenters. The molecule has 2 amide bonds. The topological polar surface area (TPSA) is 91.0 Å². The Morgan fingerprint density at radius 1 is 1.41 bits per heavy atom.